The molecule has 0 aliphatic carbocycles. The van der Waals surface area contributed by atoms with Crippen molar-refractivity contribution in [1.82, 2.24) is 5.43 Å². The topological polar surface area (TPSA) is 118 Å². The molecule has 3 aromatic carbocycles. The lowest BCUT2D eigenvalue weighted by Gasteiger charge is -2.15. The summed E-state index contributed by atoms with van der Waals surface area (Å²) in [7, 11) is 1.45. The number of hydrogen-bond donors (Lipinski definition) is 3. The fourth-order valence-corrected chi connectivity index (χ4v) is 4.38. The molecule has 11 heteroatoms. The van der Waals surface area contributed by atoms with E-state index < -0.39 is 11.8 Å². The standard InChI is InChI=1S/C27H26BrClN4O5/c1-15-8-16(2)24(17(3)9-15)32-23(34)14-38-25-21(28)10-18(11-22(25)37-4)13-30-33-27(36)26(35)31-20-7-5-6-19(29)12-20/h5-13H,14H2,1-4H3,(H,31,35)(H,32,34)(H,33,36)/b30-13-. The molecular formula is C27H26BrClN4O5. The summed E-state index contributed by atoms with van der Waals surface area (Å²) in [6.07, 6.45) is 1.33. The minimum atomic E-state index is -0.961. The van der Waals surface area contributed by atoms with Gasteiger partial charge in [0.1, 0.15) is 0 Å². The molecule has 0 spiro atoms. The van der Waals surface area contributed by atoms with Gasteiger partial charge in [-0.15, -0.1) is 0 Å². The van der Waals surface area contributed by atoms with E-state index in [0.29, 0.717) is 32.2 Å². The van der Waals surface area contributed by atoms with Crippen LogP contribution in [0.15, 0.2) is 58.1 Å². The van der Waals surface area contributed by atoms with Crippen molar-refractivity contribution in [3.05, 3.63) is 80.3 Å². The second-order valence-corrected chi connectivity index (χ2v) is 9.60. The third-order valence-electron chi connectivity index (χ3n) is 5.21. The van der Waals surface area contributed by atoms with E-state index in [4.69, 9.17) is 21.1 Å². The van der Waals surface area contributed by atoms with Crippen LogP contribution in [0.3, 0.4) is 0 Å². The second-order valence-electron chi connectivity index (χ2n) is 8.31. The number of carbonyl (C=O) groups is 3. The van der Waals surface area contributed by atoms with E-state index in [0.717, 1.165) is 22.4 Å². The second kappa shape index (κ2) is 13.1. The molecule has 3 aromatic rings. The van der Waals surface area contributed by atoms with Gasteiger partial charge in [-0.25, -0.2) is 5.43 Å². The maximum atomic E-state index is 12.6. The minimum Gasteiger partial charge on any atom is -0.493 e. The Kier molecular flexibility index (Phi) is 9.86. The van der Waals surface area contributed by atoms with E-state index in [-0.39, 0.29) is 12.5 Å². The summed E-state index contributed by atoms with van der Waals surface area (Å²) in [5.41, 5.74) is 6.87. The van der Waals surface area contributed by atoms with Crippen molar-refractivity contribution < 1.29 is 23.9 Å². The quantitative estimate of drug-likeness (QED) is 0.188. The van der Waals surface area contributed by atoms with Crippen molar-refractivity contribution in [2.75, 3.05) is 24.4 Å². The van der Waals surface area contributed by atoms with Gasteiger partial charge in [0.2, 0.25) is 0 Å². The number of amides is 3. The van der Waals surface area contributed by atoms with Crippen molar-refractivity contribution in [2.24, 2.45) is 5.10 Å². The molecule has 0 saturated heterocycles. The average molecular weight is 602 g/mol. The summed E-state index contributed by atoms with van der Waals surface area (Å²) in [5, 5.41) is 9.56. The number of methoxy groups -OCH3 is 1. The van der Waals surface area contributed by atoms with Crippen molar-refractivity contribution in [3.8, 4) is 11.5 Å². The smallest absolute Gasteiger partial charge is 0.329 e. The Morgan fingerprint density at radius 1 is 1.00 bits per heavy atom. The van der Waals surface area contributed by atoms with E-state index in [9.17, 15) is 14.4 Å². The van der Waals surface area contributed by atoms with Crippen LogP contribution >= 0.6 is 27.5 Å². The number of carbonyl (C=O) groups excluding carboxylic acids is 3. The number of benzene rings is 3. The van der Waals surface area contributed by atoms with Gasteiger partial charge in [-0.1, -0.05) is 35.4 Å². The monoisotopic (exact) mass is 600 g/mol. The molecule has 0 atom stereocenters. The van der Waals surface area contributed by atoms with Crippen molar-refractivity contribution >= 4 is 62.8 Å². The zero-order valence-corrected chi connectivity index (χ0v) is 23.5. The van der Waals surface area contributed by atoms with Crippen molar-refractivity contribution in [3.63, 3.8) is 0 Å². The van der Waals surface area contributed by atoms with Gasteiger partial charge in [0.25, 0.3) is 5.91 Å². The predicted octanol–water partition coefficient (Wildman–Crippen LogP) is 5.14. The molecule has 9 nitrogen and oxygen atoms in total. The van der Waals surface area contributed by atoms with Gasteiger partial charge in [-0.2, -0.15) is 5.10 Å². The molecule has 3 amide bonds. The fourth-order valence-electron chi connectivity index (χ4n) is 3.62. The molecule has 0 saturated carbocycles. The van der Waals surface area contributed by atoms with E-state index in [1.54, 1.807) is 30.3 Å². The summed E-state index contributed by atoms with van der Waals surface area (Å²) in [6, 6.07) is 13.7. The summed E-state index contributed by atoms with van der Waals surface area (Å²) < 4.78 is 11.6. The van der Waals surface area contributed by atoms with Gasteiger partial charge in [0.05, 0.1) is 17.8 Å². The van der Waals surface area contributed by atoms with Crippen LogP contribution in [-0.4, -0.2) is 37.7 Å². The number of anilines is 2. The molecule has 38 heavy (non-hydrogen) atoms. The van der Waals surface area contributed by atoms with Crippen LogP contribution in [0.25, 0.3) is 0 Å². The number of aryl methyl sites for hydroxylation is 3. The molecule has 0 bridgehead atoms. The number of nitrogens with zero attached hydrogens (tertiary/aromatic N) is 1. The van der Waals surface area contributed by atoms with E-state index in [1.807, 2.05) is 32.9 Å². The van der Waals surface area contributed by atoms with E-state index >= 15 is 0 Å². The van der Waals surface area contributed by atoms with Crippen LogP contribution in [0.2, 0.25) is 5.02 Å². The maximum absolute atomic E-state index is 12.6. The summed E-state index contributed by atoms with van der Waals surface area (Å²) in [5.74, 6) is -1.53. The van der Waals surface area contributed by atoms with Crippen molar-refractivity contribution in [2.45, 2.75) is 20.8 Å². The van der Waals surface area contributed by atoms with Gasteiger partial charge < -0.3 is 20.1 Å². The highest BCUT2D eigenvalue weighted by Crippen LogP contribution is 2.36. The lowest BCUT2D eigenvalue weighted by molar-refractivity contribution is -0.136. The fraction of sp³-hybridized carbons (Fsp3) is 0.185. The molecule has 0 heterocycles. The number of rotatable bonds is 8. The van der Waals surface area contributed by atoms with Crippen LogP contribution < -0.4 is 25.5 Å². The lowest BCUT2D eigenvalue weighted by Crippen LogP contribution is -2.32. The highest BCUT2D eigenvalue weighted by Gasteiger charge is 2.16. The first-order valence-corrected chi connectivity index (χ1v) is 12.5. The molecule has 0 aliphatic rings. The SMILES string of the molecule is COc1cc(/C=N\NC(=O)C(=O)Nc2cccc(Cl)c2)cc(Br)c1OCC(=O)Nc1c(C)cc(C)cc1C. The summed E-state index contributed by atoms with van der Waals surface area (Å²) in [4.78, 5) is 36.6. The van der Waals surface area contributed by atoms with Crippen LogP contribution in [0.1, 0.15) is 22.3 Å². The lowest BCUT2D eigenvalue weighted by atomic mass is 10.1. The average Bonchev–Trinajstić information content (AvgIpc) is 2.85. The Bertz CT molecular complexity index is 1390. The molecule has 0 aliphatic heterocycles. The van der Waals surface area contributed by atoms with Gasteiger partial charge in [0.15, 0.2) is 18.1 Å². The highest BCUT2D eigenvalue weighted by atomic mass is 79.9. The third-order valence-corrected chi connectivity index (χ3v) is 6.03. The minimum absolute atomic E-state index is 0.243. The Labute approximate surface area is 233 Å². The van der Waals surface area contributed by atoms with Crippen LogP contribution in [0.5, 0.6) is 11.5 Å². The number of nitrogens with one attached hydrogen (secondary N) is 3. The Balaban J connectivity index is 1.60. The molecule has 198 valence electrons. The molecule has 0 aromatic heterocycles. The first kappa shape index (κ1) is 28.7. The Morgan fingerprint density at radius 3 is 2.37 bits per heavy atom. The highest BCUT2D eigenvalue weighted by molar-refractivity contribution is 9.10. The normalized spacial score (nSPS) is 10.7. The zero-order valence-electron chi connectivity index (χ0n) is 21.1. The Hall–Kier alpha value is -3.89. The van der Waals surface area contributed by atoms with Gasteiger partial charge >= 0.3 is 11.8 Å². The predicted molar refractivity (Wildman–Crippen MR) is 151 cm³/mol. The van der Waals surface area contributed by atoms with E-state index in [2.05, 4.69) is 37.1 Å². The number of hydrogen-bond acceptors (Lipinski definition) is 6. The van der Waals surface area contributed by atoms with Gasteiger partial charge in [-0.3, -0.25) is 14.4 Å². The van der Waals surface area contributed by atoms with Crippen LogP contribution in [0, 0.1) is 20.8 Å². The molecule has 0 fully saturated rings. The summed E-state index contributed by atoms with van der Waals surface area (Å²) >= 11 is 9.29. The molecule has 3 rings (SSSR count). The Morgan fingerprint density at radius 2 is 1.71 bits per heavy atom. The third kappa shape index (κ3) is 7.80. The van der Waals surface area contributed by atoms with Crippen LogP contribution in [0.4, 0.5) is 11.4 Å². The van der Waals surface area contributed by atoms with Crippen LogP contribution in [-0.2, 0) is 14.4 Å². The molecule has 3 N–H and O–H groups in total. The first-order chi connectivity index (χ1) is 18.1. The zero-order chi connectivity index (χ0) is 27.8. The van der Waals surface area contributed by atoms with Crippen molar-refractivity contribution in [1.29, 1.82) is 0 Å². The maximum Gasteiger partial charge on any atom is 0.329 e. The largest absolute Gasteiger partial charge is 0.493 e. The number of halogens is 2. The van der Waals surface area contributed by atoms with Gasteiger partial charge in [0, 0.05) is 16.4 Å². The first-order valence-electron chi connectivity index (χ1n) is 11.4. The number of hydrazone groups is 1. The number of ether oxygens (including phenoxy) is 2. The molecular weight excluding hydrogens is 576 g/mol. The molecule has 0 unspecified atom stereocenters. The molecule has 0 radical (unpaired) electrons. The van der Waals surface area contributed by atoms with Gasteiger partial charge in [-0.05, 0) is 83.7 Å². The van der Waals surface area contributed by atoms with E-state index in [1.165, 1.54) is 19.4 Å². The summed E-state index contributed by atoms with van der Waals surface area (Å²) in [6.45, 7) is 5.63.